The standard InChI is InChI=1S/C14H16ClN3O2S/c15-12-4-6-13(7-5-12)21(19,20)14(10-16)11-17-18-8-2-1-3-9-18/h4-7,11,17H,1-3,8-9H2/b14-11+. The van der Waals surface area contributed by atoms with Crippen molar-refractivity contribution in [3.05, 3.63) is 40.4 Å². The average Bonchev–Trinajstić information content (AvgIpc) is 2.49. The van der Waals surface area contributed by atoms with E-state index in [1.54, 1.807) is 6.07 Å². The Hall–Kier alpha value is -1.55. The molecule has 1 aromatic carbocycles. The molecule has 1 heterocycles. The predicted octanol–water partition coefficient (Wildman–Crippen LogP) is 2.47. The zero-order valence-electron chi connectivity index (χ0n) is 11.4. The molecule has 21 heavy (non-hydrogen) atoms. The lowest BCUT2D eigenvalue weighted by atomic mass is 10.2. The number of halogens is 1. The zero-order chi connectivity index (χ0) is 15.3. The van der Waals surface area contributed by atoms with E-state index in [0.29, 0.717) is 5.02 Å². The van der Waals surface area contributed by atoms with Gasteiger partial charge >= 0.3 is 0 Å². The van der Waals surface area contributed by atoms with Crippen LogP contribution < -0.4 is 5.43 Å². The third-order valence-corrected chi connectivity index (χ3v) is 5.19. The maximum atomic E-state index is 12.4. The maximum Gasteiger partial charge on any atom is 0.218 e. The van der Waals surface area contributed by atoms with E-state index in [9.17, 15) is 8.42 Å². The molecule has 1 aliphatic heterocycles. The fourth-order valence-electron chi connectivity index (χ4n) is 2.08. The summed E-state index contributed by atoms with van der Waals surface area (Å²) in [6.45, 7) is 1.69. The van der Waals surface area contributed by atoms with Crippen LogP contribution in [0.25, 0.3) is 0 Å². The van der Waals surface area contributed by atoms with Gasteiger partial charge in [-0.1, -0.05) is 18.0 Å². The van der Waals surface area contributed by atoms with Gasteiger partial charge in [0.05, 0.1) is 4.90 Å². The molecule has 1 fully saturated rings. The van der Waals surface area contributed by atoms with Gasteiger partial charge in [-0.2, -0.15) is 5.26 Å². The molecule has 0 spiro atoms. The summed E-state index contributed by atoms with van der Waals surface area (Å²) in [7, 11) is -3.82. The highest BCUT2D eigenvalue weighted by Crippen LogP contribution is 2.20. The van der Waals surface area contributed by atoms with Gasteiger partial charge < -0.3 is 5.43 Å². The molecule has 0 aromatic heterocycles. The molecular weight excluding hydrogens is 310 g/mol. The van der Waals surface area contributed by atoms with Crippen LogP contribution >= 0.6 is 11.6 Å². The van der Waals surface area contributed by atoms with E-state index < -0.39 is 9.84 Å². The number of rotatable bonds is 4. The summed E-state index contributed by atoms with van der Waals surface area (Å²) in [5, 5.41) is 11.5. The van der Waals surface area contributed by atoms with Crippen molar-refractivity contribution in [2.24, 2.45) is 0 Å². The molecule has 0 saturated carbocycles. The Bertz CT molecular complexity index is 656. The largest absolute Gasteiger partial charge is 0.324 e. The number of piperidine rings is 1. The van der Waals surface area contributed by atoms with Crippen molar-refractivity contribution in [3.8, 4) is 6.07 Å². The van der Waals surface area contributed by atoms with E-state index in [2.05, 4.69) is 5.43 Å². The molecule has 5 nitrogen and oxygen atoms in total. The van der Waals surface area contributed by atoms with Crippen molar-refractivity contribution in [2.75, 3.05) is 13.1 Å². The molecule has 0 amide bonds. The SMILES string of the molecule is N#C/C(=C\NN1CCCCC1)S(=O)(=O)c1ccc(Cl)cc1. The summed E-state index contributed by atoms with van der Waals surface area (Å²) in [6, 6.07) is 7.51. The lowest BCUT2D eigenvalue weighted by molar-refractivity contribution is 0.183. The molecule has 0 atom stereocenters. The molecule has 1 aliphatic rings. The van der Waals surface area contributed by atoms with Crippen LogP contribution in [0, 0.1) is 11.3 Å². The van der Waals surface area contributed by atoms with Gasteiger partial charge in [0.1, 0.15) is 6.07 Å². The van der Waals surface area contributed by atoms with Crippen molar-refractivity contribution in [2.45, 2.75) is 24.2 Å². The van der Waals surface area contributed by atoms with Crippen LogP contribution in [0.1, 0.15) is 19.3 Å². The fourth-order valence-corrected chi connectivity index (χ4v) is 3.29. The minimum absolute atomic E-state index is 0.0557. The van der Waals surface area contributed by atoms with Crippen LogP contribution in [0.2, 0.25) is 5.02 Å². The van der Waals surface area contributed by atoms with Gasteiger partial charge in [-0.05, 0) is 37.1 Å². The van der Waals surface area contributed by atoms with E-state index in [1.807, 2.05) is 5.01 Å². The molecule has 0 bridgehead atoms. The number of hydrazine groups is 1. The summed E-state index contributed by atoms with van der Waals surface area (Å²) in [5.41, 5.74) is 2.90. The first kappa shape index (κ1) is 15.8. The highest BCUT2D eigenvalue weighted by atomic mass is 35.5. The number of allylic oxidation sites excluding steroid dienone is 1. The van der Waals surface area contributed by atoms with E-state index in [0.717, 1.165) is 25.9 Å². The molecule has 1 aromatic rings. The maximum absolute atomic E-state index is 12.4. The number of hydrogen-bond acceptors (Lipinski definition) is 5. The highest BCUT2D eigenvalue weighted by molar-refractivity contribution is 7.95. The number of nitriles is 1. The third kappa shape index (κ3) is 3.97. The van der Waals surface area contributed by atoms with Crippen LogP contribution in [0.3, 0.4) is 0 Å². The number of sulfone groups is 1. The van der Waals surface area contributed by atoms with Gasteiger partial charge in [-0.25, -0.2) is 13.4 Å². The van der Waals surface area contributed by atoms with Crippen LogP contribution in [0.5, 0.6) is 0 Å². The van der Waals surface area contributed by atoms with Crippen LogP contribution in [-0.4, -0.2) is 26.5 Å². The van der Waals surface area contributed by atoms with Gasteiger partial charge in [0.15, 0.2) is 4.91 Å². The minimum Gasteiger partial charge on any atom is -0.324 e. The molecule has 7 heteroatoms. The molecule has 1 N–H and O–H groups in total. The summed E-state index contributed by atoms with van der Waals surface area (Å²) >= 11 is 5.74. The minimum atomic E-state index is -3.82. The summed E-state index contributed by atoms with van der Waals surface area (Å²) in [6.07, 6.45) is 4.56. The Morgan fingerprint density at radius 2 is 1.86 bits per heavy atom. The smallest absolute Gasteiger partial charge is 0.218 e. The average molecular weight is 326 g/mol. The summed E-state index contributed by atoms with van der Waals surface area (Å²) in [4.78, 5) is -0.254. The number of hydrogen-bond donors (Lipinski definition) is 1. The number of benzene rings is 1. The summed E-state index contributed by atoms with van der Waals surface area (Å²) < 4.78 is 24.7. The first-order valence-corrected chi connectivity index (χ1v) is 8.52. The van der Waals surface area contributed by atoms with E-state index in [-0.39, 0.29) is 9.80 Å². The monoisotopic (exact) mass is 325 g/mol. The second-order valence-corrected chi connectivity index (χ2v) is 7.11. The summed E-state index contributed by atoms with van der Waals surface area (Å²) in [5.74, 6) is 0. The molecule has 1 saturated heterocycles. The molecular formula is C14H16ClN3O2S. The van der Waals surface area contributed by atoms with Crippen molar-refractivity contribution in [1.29, 1.82) is 5.26 Å². The first-order chi connectivity index (χ1) is 10.0. The van der Waals surface area contributed by atoms with Crippen molar-refractivity contribution >= 4 is 21.4 Å². The molecule has 112 valence electrons. The Morgan fingerprint density at radius 3 is 2.43 bits per heavy atom. The van der Waals surface area contributed by atoms with Gasteiger partial charge in [0.2, 0.25) is 9.84 Å². The van der Waals surface area contributed by atoms with Gasteiger partial charge in [0, 0.05) is 24.3 Å². The molecule has 0 aliphatic carbocycles. The van der Waals surface area contributed by atoms with Crippen LogP contribution in [0.4, 0.5) is 0 Å². The Morgan fingerprint density at radius 1 is 1.24 bits per heavy atom. The van der Waals surface area contributed by atoms with E-state index in [4.69, 9.17) is 16.9 Å². The lowest BCUT2D eigenvalue weighted by Gasteiger charge is -2.26. The topological polar surface area (TPSA) is 73.2 Å². The van der Waals surface area contributed by atoms with Crippen LogP contribution in [-0.2, 0) is 9.84 Å². The molecule has 0 unspecified atom stereocenters. The Balaban J connectivity index is 2.19. The van der Waals surface area contributed by atoms with Crippen LogP contribution in [0.15, 0.2) is 40.3 Å². The fraction of sp³-hybridized carbons (Fsp3) is 0.357. The quantitative estimate of drug-likeness (QED) is 0.861. The zero-order valence-corrected chi connectivity index (χ0v) is 13.0. The molecule has 0 radical (unpaired) electrons. The predicted molar refractivity (Wildman–Crippen MR) is 80.9 cm³/mol. The Labute approximate surface area is 129 Å². The highest BCUT2D eigenvalue weighted by Gasteiger charge is 2.21. The first-order valence-electron chi connectivity index (χ1n) is 6.66. The van der Waals surface area contributed by atoms with E-state index in [1.165, 1.54) is 36.9 Å². The molecule has 2 rings (SSSR count). The van der Waals surface area contributed by atoms with Gasteiger partial charge in [0.25, 0.3) is 0 Å². The second-order valence-electron chi connectivity index (χ2n) is 4.75. The van der Waals surface area contributed by atoms with Gasteiger partial charge in [-0.3, -0.25) is 0 Å². The Kier molecular flexibility index (Phi) is 5.23. The van der Waals surface area contributed by atoms with E-state index >= 15 is 0 Å². The number of nitrogens with zero attached hydrogens (tertiary/aromatic N) is 2. The third-order valence-electron chi connectivity index (χ3n) is 3.26. The van der Waals surface area contributed by atoms with Gasteiger partial charge in [-0.15, -0.1) is 0 Å². The van der Waals surface area contributed by atoms with Crippen molar-refractivity contribution < 1.29 is 8.42 Å². The lowest BCUT2D eigenvalue weighted by Crippen LogP contribution is -2.38. The normalized spacial score (nSPS) is 17.2. The van der Waals surface area contributed by atoms with Crippen molar-refractivity contribution in [1.82, 2.24) is 10.4 Å². The van der Waals surface area contributed by atoms with Crippen molar-refractivity contribution in [3.63, 3.8) is 0 Å². The second kappa shape index (κ2) is 6.94. The number of nitrogens with one attached hydrogen (secondary N) is 1.